The largest absolute Gasteiger partial charge is 0.379 e. The van der Waals surface area contributed by atoms with Crippen LogP contribution in [0.4, 0.5) is 5.69 Å². The normalized spacial score (nSPS) is 18.2. The summed E-state index contributed by atoms with van der Waals surface area (Å²) in [7, 11) is 0. The van der Waals surface area contributed by atoms with E-state index in [9.17, 15) is 4.79 Å². The summed E-state index contributed by atoms with van der Waals surface area (Å²) in [6.45, 7) is 4.28. The second kappa shape index (κ2) is 6.21. The fraction of sp³-hybridized carbons (Fsp3) is 0.200. The third-order valence-corrected chi connectivity index (χ3v) is 3.91. The van der Waals surface area contributed by atoms with Gasteiger partial charge in [-0.1, -0.05) is 42.5 Å². The van der Waals surface area contributed by atoms with E-state index in [1.807, 2.05) is 48.5 Å². The van der Waals surface area contributed by atoms with Crippen molar-refractivity contribution >= 4 is 23.9 Å². The third-order valence-electron chi connectivity index (χ3n) is 3.91. The number of para-hydroxylation sites is 1. The molecule has 3 nitrogen and oxygen atoms in total. The molecule has 23 heavy (non-hydrogen) atoms. The van der Waals surface area contributed by atoms with Crippen molar-refractivity contribution in [2.24, 2.45) is 4.99 Å². The van der Waals surface area contributed by atoms with Gasteiger partial charge in [-0.3, -0.25) is 9.79 Å². The van der Waals surface area contributed by atoms with Crippen molar-refractivity contribution in [1.82, 2.24) is 5.32 Å². The summed E-state index contributed by atoms with van der Waals surface area (Å²) in [6, 6.07) is 17.8. The average molecular weight is 304 g/mol. The van der Waals surface area contributed by atoms with Gasteiger partial charge in [0, 0.05) is 17.3 Å². The SMILES string of the molecule is CC1(C)Cc2ccccc2/C(=C(C=O)\C=N/c2ccccc2)N1. The second-order valence-electron chi connectivity index (χ2n) is 6.38. The molecular formula is C20H20N2O. The van der Waals surface area contributed by atoms with Crippen LogP contribution < -0.4 is 5.32 Å². The summed E-state index contributed by atoms with van der Waals surface area (Å²) < 4.78 is 0. The molecule has 0 radical (unpaired) electrons. The fourth-order valence-corrected chi connectivity index (χ4v) is 2.88. The maximum absolute atomic E-state index is 11.7. The second-order valence-corrected chi connectivity index (χ2v) is 6.38. The lowest BCUT2D eigenvalue weighted by Gasteiger charge is -2.36. The highest BCUT2D eigenvalue weighted by Gasteiger charge is 2.28. The standard InChI is InChI=1S/C20H20N2O/c1-20(2)12-15-8-6-7-11-18(15)19(22-20)16(14-23)13-21-17-9-4-3-5-10-17/h3-11,13-14,22H,12H2,1-2H3/b19-16-,21-13-. The maximum atomic E-state index is 11.7. The number of carbonyl (C=O) groups is 1. The highest BCUT2D eigenvalue weighted by atomic mass is 16.1. The number of hydrogen-bond donors (Lipinski definition) is 1. The monoisotopic (exact) mass is 304 g/mol. The molecule has 0 aromatic heterocycles. The first-order chi connectivity index (χ1) is 11.1. The van der Waals surface area contributed by atoms with Crippen molar-refractivity contribution in [2.75, 3.05) is 0 Å². The van der Waals surface area contributed by atoms with Crippen LogP contribution in [0, 0.1) is 0 Å². The Labute approximate surface area is 136 Å². The van der Waals surface area contributed by atoms with Gasteiger partial charge in [-0.15, -0.1) is 0 Å². The van der Waals surface area contributed by atoms with Crippen molar-refractivity contribution in [3.05, 3.63) is 71.3 Å². The van der Waals surface area contributed by atoms with E-state index < -0.39 is 0 Å². The molecule has 0 unspecified atom stereocenters. The molecule has 0 atom stereocenters. The molecule has 3 heteroatoms. The van der Waals surface area contributed by atoms with E-state index in [1.54, 1.807) is 6.21 Å². The van der Waals surface area contributed by atoms with Gasteiger partial charge in [0.25, 0.3) is 0 Å². The van der Waals surface area contributed by atoms with E-state index in [-0.39, 0.29) is 5.54 Å². The Morgan fingerprint density at radius 1 is 1.09 bits per heavy atom. The Bertz CT molecular complexity index is 773. The molecule has 0 fully saturated rings. The van der Waals surface area contributed by atoms with Crippen LogP contribution in [0.25, 0.3) is 5.70 Å². The quantitative estimate of drug-likeness (QED) is 0.530. The third kappa shape index (κ3) is 3.39. The van der Waals surface area contributed by atoms with Gasteiger partial charge in [0.05, 0.1) is 17.0 Å². The summed E-state index contributed by atoms with van der Waals surface area (Å²) in [6.07, 6.45) is 3.43. The highest BCUT2D eigenvalue weighted by Crippen LogP contribution is 2.30. The number of aliphatic imine (C=N–C) groups is 1. The molecular weight excluding hydrogens is 284 g/mol. The number of fused-ring (bicyclic) bond motifs is 1. The van der Waals surface area contributed by atoms with E-state index in [1.165, 1.54) is 5.56 Å². The van der Waals surface area contributed by atoms with Gasteiger partial charge in [0.1, 0.15) is 0 Å². The van der Waals surface area contributed by atoms with Gasteiger partial charge in [0.15, 0.2) is 6.29 Å². The van der Waals surface area contributed by atoms with E-state index >= 15 is 0 Å². The number of allylic oxidation sites excluding steroid dienone is 1. The van der Waals surface area contributed by atoms with E-state index in [2.05, 4.69) is 30.2 Å². The lowest BCUT2D eigenvalue weighted by Crippen LogP contribution is -2.44. The van der Waals surface area contributed by atoms with Gasteiger partial charge >= 0.3 is 0 Å². The average Bonchev–Trinajstić information content (AvgIpc) is 2.55. The van der Waals surface area contributed by atoms with Crippen LogP contribution in [0.1, 0.15) is 25.0 Å². The molecule has 1 aliphatic rings. The first-order valence-electron chi connectivity index (χ1n) is 7.74. The zero-order valence-electron chi connectivity index (χ0n) is 13.4. The molecule has 1 N–H and O–H groups in total. The van der Waals surface area contributed by atoms with Crippen molar-refractivity contribution in [3.8, 4) is 0 Å². The lowest BCUT2D eigenvalue weighted by atomic mass is 9.85. The number of benzene rings is 2. The topological polar surface area (TPSA) is 41.5 Å². The minimum absolute atomic E-state index is 0.0987. The van der Waals surface area contributed by atoms with Crippen LogP contribution in [0.2, 0.25) is 0 Å². The number of hydrogen-bond acceptors (Lipinski definition) is 3. The molecule has 0 amide bonds. The molecule has 2 aromatic rings. The number of nitrogens with one attached hydrogen (secondary N) is 1. The summed E-state index contributed by atoms with van der Waals surface area (Å²) in [5.74, 6) is 0. The first kappa shape index (κ1) is 15.2. The van der Waals surface area contributed by atoms with Crippen molar-refractivity contribution in [1.29, 1.82) is 0 Å². The minimum atomic E-state index is -0.0987. The van der Waals surface area contributed by atoms with Crippen LogP contribution in [-0.4, -0.2) is 18.0 Å². The van der Waals surface area contributed by atoms with E-state index in [0.29, 0.717) is 5.57 Å². The van der Waals surface area contributed by atoms with Crippen LogP contribution >= 0.6 is 0 Å². The number of nitrogens with zero attached hydrogens (tertiary/aromatic N) is 1. The van der Waals surface area contributed by atoms with Crippen LogP contribution in [0.5, 0.6) is 0 Å². The lowest BCUT2D eigenvalue weighted by molar-refractivity contribution is -0.104. The Morgan fingerprint density at radius 3 is 2.52 bits per heavy atom. The smallest absolute Gasteiger partial charge is 0.153 e. The predicted molar refractivity (Wildman–Crippen MR) is 94.9 cm³/mol. The molecule has 0 spiro atoms. The van der Waals surface area contributed by atoms with Gasteiger partial charge < -0.3 is 5.32 Å². The van der Waals surface area contributed by atoms with Crippen molar-refractivity contribution in [2.45, 2.75) is 25.8 Å². The summed E-state index contributed by atoms with van der Waals surface area (Å²) >= 11 is 0. The Kier molecular flexibility index (Phi) is 4.11. The van der Waals surface area contributed by atoms with Gasteiger partial charge in [-0.25, -0.2) is 0 Å². The Morgan fingerprint density at radius 2 is 1.78 bits per heavy atom. The Balaban J connectivity index is 2.06. The van der Waals surface area contributed by atoms with Crippen LogP contribution in [0.3, 0.4) is 0 Å². The van der Waals surface area contributed by atoms with Gasteiger partial charge in [-0.05, 0) is 38.0 Å². The number of carbonyl (C=O) groups excluding carboxylic acids is 1. The van der Waals surface area contributed by atoms with E-state index in [0.717, 1.165) is 29.7 Å². The summed E-state index contributed by atoms with van der Waals surface area (Å²) in [5, 5.41) is 3.49. The molecule has 116 valence electrons. The molecule has 0 saturated carbocycles. The molecule has 0 bridgehead atoms. The van der Waals surface area contributed by atoms with Crippen LogP contribution in [0.15, 0.2) is 65.2 Å². The molecule has 2 aromatic carbocycles. The first-order valence-corrected chi connectivity index (χ1v) is 7.74. The maximum Gasteiger partial charge on any atom is 0.153 e. The van der Waals surface area contributed by atoms with Crippen LogP contribution in [-0.2, 0) is 11.2 Å². The molecule has 0 aliphatic carbocycles. The predicted octanol–water partition coefficient (Wildman–Crippen LogP) is 3.92. The molecule has 1 heterocycles. The van der Waals surface area contributed by atoms with E-state index in [4.69, 9.17) is 0 Å². The summed E-state index contributed by atoms with van der Waals surface area (Å²) in [5.41, 5.74) is 4.47. The van der Waals surface area contributed by atoms with Gasteiger partial charge in [-0.2, -0.15) is 0 Å². The fourth-order valence-electron chi connectivity index (χ4n) is 2.88. The zero-order valence-corrected chi connectivity index (χ0v) is 13.4. The van der Waals surface area contributed by atoms with Crippen molar-refractivity contribution in [3.63, 3.8) is 0 Å². The number of aldehydes is 1. The molecule has 0 saturated heterocycles. The molecule has 1 aliphatic heterocycles. The molecule has 3 rings (SSSR count). The zero-order chi connectivity index (χ0) is 16.3. The number of rotatable bonds is 3. The van der Waals surface area contributed by atoms with Gasteiger partial charge in [0.2, 0.25) is 0 Å². The van der Waals surface area contributed by atoms with Crippen molar-refractivity contribution < 1.29 is 4.79 Å². The Hall–Kier alpha value is -2.68. The minimum Gasteiger partial charge on any atom is -0.379 e. The highest BCUT2D eigenvalue weighted by molar-refractivity contribution is 6.10. The summed E-state index contributed by atoms with van der Waals surface area (Å²) in [4.78, 5) is 16.1.